The molecule has 0 N–H and O–H groups in total. The summed E-state index contributed by atoms with van der Waals surface area (Å²) in [7, 11) is 0. The number of hydrogen-bond acceptors (Lipinski definition) is 2. The summed E-state index contributed by atoms with van der Waals surface area (Å²) in [6.45, 7) is 1.84. The highest BCUT2D eigenvalue weighted by atomic mass is 19.4. The average Bonchev–Trinajstić information content (AvgIpc) is 2.76. The summed E-state index contributed by atoms with van der Waals surface area (Å²) < 4.78 is 39.5. The van der Waals surface area contributed by atoms with Crippen LogP contribution in [-0.2, 0) is 12.6 Å². The molecule has 0 spiro atoms. The van der Waals surface area contributed by atoms with Gasteiger partial charge in [0, 0.05) is 23.4 Å². The lowest BCUT2D eigenvalue weighted by Crippen LogP contribution is -2.13. The molecule has 1 aliphatic rings. The van der Waals surface area contributed by atoms with Gasteiger partial charge in [0.1, 0.15) is 5.69 Å². The number of aryl methyl sites for hydroxylation is 1. The Hall–Kier alpha value is -2.11. The fourth-order valence-corrected chi connectivity index (χ4v) is 2.77. The number of rotatable bonds is 1. The number of nitrogens with zero attached hydrogens (tertiary/aromatic N) is 2. The van der Waals surface area contributed by atoms with Crippen molar-refractivity contribution < 1.29 is 18.0 Å². The zero-order valence-corrected chi connectivity index (χ0v) is 11.4. The Labute approximate surface area is 119 Å². The lowest BCUT2D eigenvalue weighted by atomic mass is 9.96. The van der Waals surface area contributed by atoms with E-state index in [1.807, 2.05) is 11.5 Å². The van der Waals surface area contributed by atoms with Crippen LogP contribution in [0, 0.1) is 6.92 Å². The van der Waals surface area contributed by atoms with E-state index in [4.69, 9.17) is 0 Å². The van der Waals surface area contributed by atoms with Crippen molar-refractivity contribution in [2.45, 2.75) is 32.4 Å². The van der Waals surface area contributed by atoms with Crippen LogP contribution in [0.4, 0.5) is 13.2 Å². The van der Waals surface area contributed by atoms with Crippen LogP contribution in [-0.4, -0.2) is 15.3 Å². The maximum atomic E-state index is 12.6. The fourth-order valence-electron chi connectivity index (χ4n) is 2.77. The van der Waals surface area contributed by atoms with Crippen LogP contribution in [0.3, 0.4) is 0 Å². The molecule has 0 atom stereocenters. The predicted octanol–water partition coefficient (Wildman–Crippen LogP) is 3.72. The number of fused-ring (bicyclic) bond motifs is 1. The van der Waals surface area contributed by atoms with Crippen molar-refractivity contribution >= 4 is 5.78 Å². The zero-order chi connectivity index (χ0) is 15.2. The number of Topliss-reactive ketones (excluding diaryl/α,β-unsaturated/α-hetero) is 1. The second-order valence-electron chi connectivity index (χ2n) is 5.16. The minimum atomic E-state index is -4.44. The molecule has 21 heavy (non-hydrogen) atoms. The van der Waals surface area contributed by atoms with Gasteiger partial charge >= 0.3 is 6.18 Å². The molecule has 2 aromatic heterocycles. The molecule has 0 aromatic carbocycles. The molecular formula is C15H13F3N2O. The standard InChI is InChI=1S/C15H13F3N2O/c1-9-7-11-12(3-2-4-13(11)21)20(9)10-5-6-14(19-8-10)15(16,17)18/h5-8H,2-4H2,1H3. The SMILES string of the molecule is Cc1cc2c(n1-c1ccc(C(F)(F)F)nc1)CCCC2=O. The van der Waals surface area contributed by atoms with Gasteiger partial charge in [0.25, 0.3) is 0 Å². The molecule has 0 saturated heterocycles. The minimum Gasteiger partial charge on any atom is -0.316 e. The molecule has 3 rings (SSSR count). The lowest BCUT2D eigenvalue weighted by Gasteiger charge is -2.16. The van der Waals surface area contributed by atoms with Crippen molar-refractivity contribution in [3.63, 3.8) is 0 Å². The van der Waals surface area contributed by atoms with Crippen LogP contribution in [0.15, 0.2) is 24.4 Å². The summed E-state index contributed by atoms with van der Waals surface area (Å²) in [4.78, 5) is 15.4. The van der Waals surface area contributed by atoms with Gasteiger partial charge in [0.15, 0.2) is 5.78 Å². The van der Waals surface area contributed by atoms with E-state index in [-0.39, 0.29) is 5.78 Å². The van der Waals surface area contributed by atoms with Gasteiger partial charge in [0.05, 0.1) is 11.9 Å². The summed E-state index contributed by atoms with van der Waals surface area (Å²) in [5.41, 5.74) is 2.01. The Balaban J connectivity index is 2.07. The van der Waals surface area contributed by atoms with Gasteiger partial charge in [-0.3, -0.25) is 4.79 Å². The number of alkyl halides is 3. The number of ketones is 1. The number of halogens is 3. The molecule has 0 fully saturated rings. The first kappa shape index (κ1) is 13.9. The third-order valence-corrected chi connectivity index (χ3v) is 3.70. The van der Waals surface area contributed by atoms with Crippen molar-refractivity contribution in [2.24, 2.45) is 0 Å². The van der Waals surface area contributed by atoms with Crippen LogP contribution >= 0.6 is 0 Å². The maximum Gasteiger partial charge on any atom is 0.433 e. The van der Waals surface area contributed by atoms with Crippen LogP contribution in [0.1, 0.15) is 40.3 Å². The van der Waals surface area contributed by atoms with Crippen molar-refractivity contribution in [3.8, 4) is 5.69 Å². The number of hydrogen-bond donors (Lipinski definition) is 0. The predicted molar refractivity (Wildman–Crippen MR) is 70.6 cm³/mol. The molecule has 0 saturated carbocycles. The van der Waals surface area contributed by atoms with Gasteiger partial charge in [-0.05, 0) is 38.0 Å². The van der Waals surface area contributed by atoms with Gasteiger partial charge in [-0.15, -0.1) is 0 Å². The molecule has 0 unspecified atom stereocenters. The summed E-state index contributed by atoms with van der Waals surface area (Å²) in [5, 5.41) is 0. The van der Waals surface area contributed by atoms with Crippen LogP contribution < -0.4 is 0 Å². The zero-order valence-electron chi connectivity index (χ0n) is 11.4. The Morgan fingerprint density at radius 2 is 2.00 bits per heavy atom. The Bertz CT molecular complexity index is 699. The summed E-state index contributed by atoms with van der Waals surface area (Å²) in [6.07, 6.45) is -1.20. The lowest BCUT2D eigenvalue weighted by molar-refractivity contribution is -0.141. The monoisotopic (exact) mass is 294 g/mol. The van der Waals surface area contributed by atoms with Crippen molar-refractivity contribution in [2.75, 3.05) is 0 Å². The second kappa shape index (κ2) is 4.72. The second-order valence-corrected chi connectivity index (χ2v) is 5.16. The van der Waals surface area contributed by atoms with E-state index in [9.17, 15) is 18.0 Å². The minimum absolute atomic E-state index is 0.0953. The van der Waals surface area contributed by atoms with Crippen LogP contribution in [0.25, 0.3) is 5.69 Å². The molecule has 0 amide bonds. The first-order chi connectivity index (χ1) is 9.88. The average molecular weight is 294 g/mol. The Morgan fingerprint density at radius 3 is 2.62 bits per heavy atom. The molecule has 0 aliphatic heterocycles. The van der Waals surface area contributed by atoms with E-state index < -0.39 is 11.9 Å². The first-order valence-corrected chi connectivity index (χ1v) is 6.66. The molecule has 6 heteroatoms. The molecule has 110 valence electrons. The largest absolute Gasteiger partial charge is 0.433 e. The summed E-state index contributed by atoms with van der Waals surface area (Å²) >= 11 is 0. The molecule has 2 heterocycles. The normalized spacial score (nSPS) is 15.1. The molecule has 2 aromatic rings. The van der Waals surface area contributed by atoms with Gasteiger partial charge < -0.3 is 4.57 Å². The highest BCUT2D eigenvalue weighted by Gasteiger charge is 2.32. The summed E-state index contributed by atoms with van der Waals surface area (Å²) in [5.74, 6) is 0.0953. The van der Waals surface area contributed by atoms with E-state index in [1.165, 1.54) is 12.3 Å². The topological polar surface area (TPSA) is 34.9 Å². The van der Waals surface area contributed by atoms with Gasteiger partial charge in [-0.2, -0.15) is 13.2 Å². The Morgan fingerprint density at radius 1 is 1.24 bits per heavy atom. The Kier molecular flexibility index (Phi) is 3.11. The molecule has 0 radical (unpaired) electrons. The number of aromatic nitrogens is 2. The number of carbonyl (C=O) groups is 1. The highest BCUT2D eigenvalue weighted by molar-refractivity contribution is 5.98. The van der Waals surface area contributed by atoms with Crippen molar-refractivity contribution in [3.05, 3.63) is 47.0 Å². The summed E-state index contributed by atoms with van der Waals surface area (Å²) in [6, 6.07) is 4.16. The van der Waals surface area contributed by atoms with Crippen LogP contribution in [0.5, 0.6) is 0 Å². The molecule has 0 bridgehead atoms. The third-order valence-electron chi connectivity index (χ3n) is 3.70. The number of carbonyl (C=O) groups excluding carboxylic acids is 1. The fraction of sp³-hybridized carbons (Fsp3) is 0.333. The molecule has 1 aliphatic carbocycles. The van der Waals surface area contributed by atoms with E-state index in [1.54, 1.807) is 6.07 Å². The quantitative estimate of drug-likeness (QED) is 0.803. The highest BCUT2D eigenvalue weighted by Crippen LogP contribution is 2.30. The van der Waals surface area contributed by atoms with Gasteiger partial charge in [-0.1, -0.05) is 0 Å². The van der Waals surface area contributed by atoms with E-state index in [2.05, 4.69) is 4.98 Å². The first-order valence-electron chi connectivity index (χ1n) is 6.66. The number of pyridine rings is 1. The van der Waals surface area contributed by atoms with Crippen molar-refractivity contribution in [1.82, 2.24) is 9.55 Å². The van der Waals surface area contributed by atoms with Gasteiger partial charge in [-0.25, -0.2) is 4.98 Å². The van der Waals surface area contributed by atoms with E-state index >= 15 is 0 Å². The third kappa shape index (κ3) is 2.34. The van der Waals surface area contributed by atoms with Crippen molar-refractivity contribution in [1.29, 1.82) is 0 Å². The van der Waals surface area contributed by atoms with Crippen LogP contribution in [0.2, 0.25) is 0 Å². The molecular weight excluding hydrogens is 281 g/mol. The van der Waals surface area contributed by atoms with Gasteiger partial charge in [0.2, 0.25) is 0 Å². The van der Waals surface area contributed by atoms with E-state index in [0.717, 1.165) is 30.3 Å². The maximum absolute atomic E-state index is 12.6. The molecule has 3 nitrogen and oxygen atoms in total. The van der Waals surface area contributed by atoms with E-state index in [0.29, 0.717) is 17.7 Å². The smallest absolute Gasteiger partial charge is 0.316 e.